The van der Waals surface area contributed by atoms with E-state index >= 15 is 0 Å². The molecule has 4 nitrogen and oxygen atoms in total. The summed E-state index contributed by atoms with van der Waals surface area (Å²) in [6, 6.07) is 9.37. The number of hydrogen-bond acceptors (Lipinski definition) is 4. The highest BCUT2D eigenvalue weighted by atomic mass is 16.4. The third-order valence-corrected chi connectivity index (χ3v) is 1.76. The Kier molecular flexibility index (Phi) is 2.46. The van der Waals surface area contributed by atoms with E-state index < -0.39 is 6.23 Å². The summed E-state index contributed by atoms with van der Waals surface area (Å²) >= 11 is 0. The van der Waals surface area contributed by atoms with Crippen LogP contribution in [0.25, 0.3) is 0 Å². The number of hydrogen-bond donors (Lipinski definition) is 2. The first-order chi connectivity index (χ1) is 6.86. The summed E-state index contributed by atoms with van der Waals surface area (Å²) in [6.45, 7) is 0. The highest BCUT2D eigenvalue weighted by Gasteiger charge is 2.10. The van der Waals surface area contributed by atoms with E-state index in [2.05, 4.69) is 10.3 Å². The fourth-order valence-corrected chi connectivity index (χ4v) is 1.12. The van der Waals surface area contributed by atoms with E-state index in [1.165, 1.54) is 12.5 Å². The van der Waals surface area contributed by atoms with E-state index in [0.29, 0.717) is 0 Å². The van der Waals surface area contributed by atoms with Crippen molar-refractivity contribution in [3.8, 4) is 0 Å². The zero-order valence-corrected chi connectivity index (χ0v) is 7.42. The van der Waals surface area contributed by atoms with Crippen molar-refractivity contribution >= 4 is 5.69 Å². The molecule has 1 heterocycles. The lowest BCUT2D eigenvalue weighted by molar-refractivity contribution is 0.171. The van der Waals surface area contributed by atoms with Gasteiger partial charge in [-0.25, -0.2) is 4.98 Å². The maximum Gasteiger partial charge on any atom is 0.244 e. The Labute approximate surface area is 81.2 Å². The summed E-state index contributed by atoms with van der Waals surface area (Å²) in [4.78, 5) is 3.83. The van der Waals surface area contributed by atoms with Crippen LogP contribution in [-0.2, 0) is 0 Å². The number of anilines is 1. The second-order valence-corrected chi connectivity index (χ2v) is 2.78. The van der Waals surface area contributed by atoms with Crippen LogP contribution in [0.4, 0.5) is 5.69 Å². The molecule has 0 saturated heterocycles. The molecule has 1 unspecified atom stereocenters. The first kappa shape index (κ1) is 8.77. The third-order valence-electron chi connectivity index (χ3n) is 1.76. The smallest absolute Gasteiger partial charge is 0.244 e. The van der Waals surface area contributed by atoms with Gasteiger partial charge in [-0.05, 0) is 12.1 Å². The molecule has 72 valence electrons. The van der Waals surface area contributed by atoms with Crippen molar-refractivity contribution in [2.24, 2.45) is 0 Å². The monoisotopic (exact) mass is 190 g/mol. The highest BCUT2D eigenvalue weighted by Crippen LogP contribution is 2.14. The Morgan fingerprint density at radius 3 is 2.71 bits per heavy atom. The molecule has 1 aromatic heterocycles. The Hall–Kier alpha value is -1.81. The molecule has 1 aromatic carbocycles. The van der Waals surface area contributed by atoms with Crippen molar-refractivity contribution in [2.45, 2.75) is 6.23 Å². The van der Waals surface area contributed by atoms with Crippen molar-refractivity contribution in [2.75, 3.05) is 5.32 Å². The molecular formula is C10H10N2O2. The van der Waals surface area contributed by atoms with Crippen LogP contribution in [-0.4, -0.2) is 10.1 Å². The third kappa shape index (κ3) is 1.92. The fraction of sp³-hybridized carbons (Fsp3) is 0.100. The van der Waals surface area contributed by atoms with E-state index in [9.17, 15) is 5.11 Å². The van der Waals surface area contributed by atoms with Crippen molar-refractivity contribution in [3.05, 3.63) is 48.7 Å². The minimum absolute atomic E-state index is 0.258. The Bertz CT molecular complexity index is 372. The van der Waals surface area contributed by atoms with Crippen molar-refractivity contribution in [1.82, 2.24) is 4.98 Å². The molecule has 0 amide bonds. The second-order valence-electron chi connectivity index (χ2n) is 2.78. The average molecular weight is 190 g/mol. The van der Waals surface area contributed by atoms with E-state index in [0.717, 1.165) is 5.69 Å². The second kappa shape index (κ2) is 3.93. The maximum atomic E-state index is 9.60. The summed E-state index contributed by atoms with van der Waals surface area (Å²) in [5.41, 5.74) is 0.818. The number of aromatic nitrogens is 1. The predicted molar refractivity (Wildman–Crippen MR) is 51.5 cm³/mol. The van der Waals surface area contributed by atoms with Crippen LogP contribution in [0.3, 0.4) is 0 Å². The minimum Gasteiger partial charge on any atom is -0.445 e. The molecule has 2 aromatic rings. The van der Waals surface area contributed by atoms with Gasteiger partial charge in [-0.3, -0.25) is 0 Å². The quantitative estimate of drug-likeness (QED) is 0.724. The van der Waals surface area contributed by atoms with Crippen molar-refractivity contribution in [3.63, 3.8) is 0 Å². The van der Waals surface area contributed by atoms with Gasteiger partial charge in [0.1, 0.15) is 6.26 Å². The van der Waals surface area contributed by atoms with Gasteiger partial charge in [0.15, 0.2) is 0 Å². The number of aliphatic hydroxyl groups excluding tert-OH is 1. The van der Waals surface area contributed by atoms with Crippen LogP contribution in [0.15, 0.2) is 47.2 Å². The van der Waals surface area contributed by atoms with Gasteiger partial charge < -0.3 is 14.8 Å². The predicted octanol–water partition coefficient (Wildman–Crippen LogP) is 1.78. The molecule has 0 aliphatic heterocycles. The average Bonchev–Trinajstić information content (AvgIpc) is 2.72. The van der Waals surface area contributed by atoms with E-state index in [4.69, 9.17) is 4.42 Å². The number of oxazole rings is 1. The normalized spacial score (nSPS) is 12.4. The zero-order chi connectivity index (χ0) is 9.80. The SMILES string of the molecule is OC(Nc1ccccc1)c1ncco1. The first-order valence-corrected chi connectivity index (χ1v) is 4.25. The zero-order valence-electron chi connectivity index (χ0n) is 7.42. The summed E-state index contributed by atoms with van der Waals surface area (Å²) in [5, 5.41) is 12.4. The molecule has 0 fully saturated rings. The summed E-state index contributed by atoms with van der Waals surface area (Å²) in [7, 11) is 0. The van der Waals surface area contributed by atoms with E-state index in [1.807, 2.05) is 30.3 Å². The molecular weight excluding hydrogens is 180 g/mol. The maximum absolute atomic E-state index is 9.60. The standard InChI is InChI=1S/C10H10N2O2/c13-9(10-11-6-7-14-10)12-8-4-2-1-3-5-8/h1-7,9,12-13H. The van der Waals surface area contributed by atoms with Crippen LogP contribution in [0.2, 0.25) is 0 Å². The first-order valence-electron chi connectivity index (χ1n) is 4.25. The lowest BCUT2D eigenvalue weighted by atomic mass is 10.3. The molecule has 0 bridgehead atoms. The van der Waals surface area contributed by atoms with E-state index in [-0.39, 0.29) is 5.89 Å². The van der Waals surface area contributed by atoms with Gasteiger partial charge in [0.05, 0.1) is 6.20 Å². The largest absolute Gasteiger partial charge is 0.445 e. The molecule has 0 aliphatic rings. The Morgan fingerprint density at radius 2 is 2.07 bits per heavy atom. The van der Waals surface area contributed by atoms with E-state index in [1.54, 1.807) is 0 Å². The van der Waals surface area contributed by atoms with Crippen LogP contribution in [0.5, 0.6) is 0 Å². The summed E-state index contributed by atoms with van der Waals surface area (Å²) in [6.07, 6.45) is 2.00. The lowest BCUT2D eigenvalue weighted by Crippen LogP contribution is -2.09. The van der Waals surface area contributed by atoms with Crippen LogP contribution >= 0.6 is 0 Å². The molecule has 2 rings (SSSR count). The van der Waals surface area contributed by atoms with Gasteiger partial charge in [-0.1, -0.05) is 18.2 Å². The van der Waals surface area contributed by atoms with Crippen LogP contribution in [0, 0.1) is 0 Å². The number of benzene rings is 1. The molecule has 0 radical (unpaired) electrons. The summed E-state index contributed by atoms with van der Waals surface area (Å²) < 4.78 is 4.94. The molecule has 0 saturated carbocycles. The molecule has 0 aliphatic carbocycles. The summed E-state index contributed by atoms with van der Waals surface area (Å²) in [5.74, 6) is 0.258. The molecule has 1 atom stereocenters. The van der Waals surface area contributed by atoms with Gasteiger partial charge in [0.2, 0.25) is 12.1 Å². The van der Waals surface area contributed by atoms with Gasteiger partial charge >= 0.3 is 0 Å². The minimum atomic E-state index is -0.910. The number of nitrogens with zero attached hydrogens (tertiary/aromatic N) is 1. The van der Waals surface area contributed by atoms with Crippen molar-refractivity contribution < 1.29 is 9.52 Å². The molecule has 4 heteroatoms. The lowest BCUT2D eigenvalue weighted by Gasteiger charge is -2.09. The number of aliphatic hydroxyl groups is 1. The fourth-order valence-electron chi connectivity index (χ4n) is 1.12. The Balaban J connectivity index is 2.06. The molecule has 2 N–H and O–H groups in total. The topological polar surface area (TPSA) is 58.3 Å². The molecule has 14 heavy (non-hydrogen) atoms. The molecule has 0 spiro atoms. The number of nitrogens with one attached hydrogen (secondary N) is 1. The van der Waals surface area contributed by atoms with Crippen LogP contribution in [0.1, 0.15) is 12.1 Å². The van der Waals surface area contributed by atoms with Gasteiger partial charge in [-0.2, -0.15) is 0 Å². The number of rotatable bonds is 3. The van der Waals surface area contributed by atoms with Gasteiger partial charge in [0, 0.05) is 5.69 Å². The van der Waals surface area contributed by atoms with Crippen LogP contribution < -0.4 is 5.32 Å². The Morgan fingerprint density at radius 1 is 1.29 bits per heavy atom. The van der Waals surface area contributed by atoms with Gasteiger partial charge in [0.25, 0.3) is 0 Å². The van der Waals surface area contributed by atoms with Crippen molar-refractivity contribution in [1.29, 1.82) is 0 Å². The highest BCUT2D eigenvalue weighted by molar-refractivity contribution is 5.43. The van der Waals surface area contributed by atoms with Gasteiger partial charge in [-0.15, -0.1) is 0 Å². The number of para-hydroxylation sites is 1.